The summed E-state index contributed by atoms with van der Waals surface area (Å²) in [6, 6.07) is 3.47. The number of halogens is 2. The van der Waals surface area contributed by atoms with Crippen LogP contribution in [0.3, 0.4) is 0 Å². The lowest BCUT2D eigenvalue weighted by atomic mass is 10.1. The van der Waals surface area contributed by atoms with Crippen LogP contribution in [0.25, 0.3) is 10.2 Å². The van der Waals surface area contributed by atoms with Crippen LogP contribution in [-0.2, 0) is 0 Å². The van der Waals surface area contributed by atoms with Crippen LogP contribution in [0, 0.1) is 18.6 Å². The number of aromatic nitrogens is 2. The van der Waals surface area contributed by atoms with Crippen LogP contribution in [0.4, 0.5) is 20.3 Å². The van der Waals surface area contributed by atoms with Crippen molar-refractivity contribution in [1.29, 1.82) is 0 Å². The van der Waals surface area contributed by atoms with Gasteiger partial charge in [0, 0.05) is 13.1 Å². The van der Waals surface area contributed by atoms with E-state index in [2.05, 4.69) is 20.2 Å². The van der Waals surface area contributed by atoms with Crippen LogP contribution >= 0.6 is 11.3 Å². The minimum absolute atomic E-state index is 0.381. The van der Waals surface area contributed by atoms with Crippen molar-refractivity contribution in [1.82, 2.24) is 9.97 Å². The number of benzene rings is 1. The van der Waals surface area contributed by atoms with E-state index >= 15 is 0 Å². The predicted octanol–water partition coefficient (Wildman–Crippen LogP) is 4.52. The summed E-state index contributed by atoms with van der Waals surface area (Å²) in [5, 5.41) is 3.19. The van der Waals surface area contributed by atoms with Gasteiger partial charge in [-0.05, 0) is 43.9 Å². The number of rotatable bonds is 3. The van der Waals surface area contributed by atoms with Crippen LogP contribution in [0.2, 0.25) is 0 Å². The quantitative estimate of drug-likeness (QED) is 0.717. The first-order chi connectivity index (χ1) is 13.1. The molecule has 4 rings (SSSR count). The van der Waals surface area contributed by atoms with Crippen molar-refractivity contribution in [3.63, 3.8) is 0 Å². The molecule has 0 aliphatic carbocycles. The summed E-state index contributed by atoms with van der Waals surface area (Å²) < 4.78 is 27.7. The van der Waals surface area contributed by atoms with Crippen molar-refractivity contribution in [3.8, 4) is 0 Å². The van der Waals surface area contributed by atoms with Gasteiger partial charge in [0.05, 0.1) is 10.3 Å². The zero-order valence-electron chi connectivity index (χ0n) is 14.8. The first kappa shape index (κ1) is 17.8. The van der Waals surface area contributed by atoms with Crippen LogP contribution in [0.15, 0.2) is 24.5 Å². The van der Waals surface area contributed by atoms with Crippen LogP contribution in [0.5, 0.6) is 0 Å². The van der Waals surface area contributed by atoms with Gasteiger partial charge in [0.15, 0.2) is 0 Å². The van der Waals surface area contributed by atoms with Crippen molar-refractivity contribution in [2.45, 2.75) is 26.2 Å². The maximum Gasteiger partial charge on any atom is 0.266 e. The highest BCUT2D eigenvalue weighted by atomic mass is 32.1. The molecule has 1 saturated heterocycles. The predicted molar refractivity (Wildman–Crippen MR) is 103 cm³/mol. The molecular formula is C19H18F2N4OS. The lowest BCUT2D eigenvalue weighted by molar-refractivity contribution is 0.102. The van der Waals surface area contributed by atoms with Gasteiger partial charge in [-0.1, -0.05) is 6.07 Å². The molecule has 0 unspecified atom stereocenters. The molecule has 140 valence electrons. The Kier molecular flexibility index (Phi) is 4.73. The molecule has 3 heterocycles. The topological polar surface area (TPSA) is 58.1 Å². The van der Waals surface area contributed by atoms with E-state index in [1.165, 1.54) is 30.2 Å². The standard InChI is InChI=1S/C19H18F2N4OS/c1-11-14-17(25-8-3-2-4-9-25)22-10-23-19(14)27-16(11)18(26)24-15-12(20)6-5-7-13(15)21/h5-7,10H,2-4,8-9H2,1H3,(H,24,26). The molecule has 27 heavy (non-hydrogen) atoms. The molecule has 0 bridgehead atoms. The first-order valence-corrected chi connectivity index (χ1v) is 9.62. The van der Waals surface area contributed by atoms with Crippen LogP contribution < -0.4 is 10.2 Å². The second-order valence-corrected chi connectivity index (χ2v) is 7.53. The number of carbonyl (C=O) groups excluding carboxylic acids is 1. The third kappa shape index (κ3) is 3.25. The lowest BCUT2D eigenvalue weighted by Gasteiger charge is -2.28. The fraction of sp³-hybridized carbons (Fsp3) is 0.316. The average molecular weight is 388 g/mol. The number of thiophene rings is 1. The van der Waals surface area contributed by atoms with Gasteiger partial charge in [-0.2, -0.15) is 0 Å². The minimum Gasteiger partial charge on any atom is -0.356 e. The summed E-state index contributed by atoms with van der Waals surface area (Å²) in [6.45, 7) is 3.66. The van der Waals surface area contributed by atoms with Gasteiger partial charge < -0.3 is 10.2 Å². The number of carbonyl (C=O) groups is 1. The number of fused-ring (bicyclic) bond motifs is 1. The monoisotopic (exact) mass is 388 g/mol. The molecule has 0 atom stereocenters. The number of hydrogen-bond acceptors (Lipinski definition) is 5. The fourth-order valence-corrected chi connectivity index (χ4v) is 4.44. The molecule has 3 aromatic rings. The zero-order valence-corrected chi connectivity index (χ0v) is 15.6. The normalized spacial score (nSPS) is 14.6. The van der Waals surface area contributed by atoms with Crippen molar-refractivity contribution in [3.05, 3.63) is 46.6 Å². The molecule has 1 aliphatic rings. The maximum atomic E-state index is 13.9. The Morgan fingerprint density at radius 3 is 2.56 bits per heavy atom. The Morgan fingerprint density at radius 2 is 1.85 bits per heavy atom. The molecule has 5 nitrogen and oxygen atoms in total. The number of amides is 1. The van der Waals surface area contributed by atoms with E-state index in [0.29, 0.717) is 9.71 Å². The lowest BCUT2D eigenvalue weighted by Crippen LogP contribution is -2.30. The number of nitrogens with zero attached hydrogens (tertiary/aromatic N) is 3. The molecule has 1 amide bonds. The Labute approximate surface area is 159 Å². The van der Waals surface area contributed by atoms with Gasteiger partial charge in [0.2, 0.25) is 0 Å². The van der Waals surface area contributed by atoms with Crippen LogP contribution in [0.1, 0.15) is 34.5 Å². The summed E-state index contributed by atoms with van der Waals surface area (Å²) in [4.78, 5) is 24.7. The summed E-state index contributed by atoms with van der Waals surface area (Å²) in [6.07, 6.45) is 4.92. The number of aryl methyl sites for hydroxylation is 1. The van der Waals surface area contributed by atoms with E-state index in [4.69, 9.17) is 0 Å². The molecule has 1 aromatic carbocycles. The first-order valence-electron chi connectivity index (χ1n) is 8.80. The third-order valence-corrected chi connectivity index (χ3v) is 5.97. The molecule has 8 heteroatoms. The fourth-order valence-electron chi connectivity index (χ4n) is 3.40. The smallest absolute Gasteiger partial charge is 0.266 e. The Morgan fingerprint density at radius 1 is 1.15 bits per heavy atom. The van der Waals surface area contributed by atoms with Crippen molar-refractivity contribution < 1.29 is 13.6 Å². The van der Waals surface area contributed by atoms with Crippen molar-refractivity contribution >= 4 is 39.0 Å². The van der Waals surface area contributed by atoms with Crippen molar-refractivity contribution in [2.75, 3.05) is 23.3 Å². The SMILES string of the molecule is Cc1c(C(=O)Nc2c(F)cccc2F)sc2ncnc(N3CCCCC3)c12. The molecular weight excluding hydrogens is 370 g/mol. The Bertz CT molecular complexity index is 994. The molecule has 0 spiro atoms. The summed E-state index contributed by atoms with van der Waals surface area (Å²) in [7, 11) is 0. The Hall–Kier alpha value is -2.61. The molecule has 1 aliphatic heterocycles. The number of anilines is 2. The maximum absolute atomic E-state index is 13.9. The highest BCUT2D eigenvalue weighted by Gasteiger charge is 2.24. The number of nitrogens with one attached hydrogen (secondary N) is 1. The average Bonchev–Trinajstić information content (AvgIpc) is 3.02. The van der Waals surface area contributed by atoms with E-state index < -0.39 is 23.2 Å². The molecule has 0 saturated carbocycles. The van der Waals surface area contributed by atoms with Crippen LogP contribution in [-0.4, -0.2) is 29.0 Å². The highest BCUT2D eigenvalue weighted by molar-refractivity contribution is 7.20. The second kappa shape index (κ2) is 7.19. The van der Waals surface area contributed by atoms with E-state index in [-0.39, 0.29) is 0 Å². The molecule has 1 N–H and O–H groups in total. The van der Waals surface area contributed by atoms with Gasteiger partial charge >= 0.3 is 0 Å². The molecule has 2 aromatic heterocycles. The van der Waals surface area contributed by atoms with Gasteiger partial charge in [0.25, 0.3) is 5.91 Å². The van der Waals surface area contributed by atoms with E-state index in [1.54, 1.807) is 0 Å². The number of hydrogen-bond donors (Lipinski definition) is 1. The van der Waals surface area contributed by atoms with Gasteiger partial charge in [0.1, 0.15) is 34.3 Å². The molecule has 0 radical (unpaired) electrons. The van der Waals surface area contributed by atoms with Crippen molar-refractivity contribution in [2.24, 2.45) is 0 Å². The molecule has 1 fully saturated rings. The Balaban J connectivity index is 1.72. The summed E-state index contributed by atoms with van der Waals surface area (Å²) >= 11 is 1.21. The van der Waals surface area contributed by atoms with E-state index in [9.17, 15) is 13.6 Å². The highest BCUT2D eigenvalue weighted by Crippen LogP contribution is 2.36. The van der Waals surface area contributed by atoms with E-state index in [0.717, 1.165) is 54.8 Å². The zero-order chi connectivity index (χ0) is 19.0. The number of piperidine rings is 1. The minimum atomic E-state index is -0.809. The largest absolute Gasteiger partial charge is 0.356 e. The summed E-state index contributed by atoms with van der Waals surface area (Å²) in [5.41, 5.74) is 0.284. The summed E-state index contributed by atoms with van der Waals surface area (Å²) in [5.74, 6) is -1.35. The second-order valence-electron chi connectivity index (χ2n) is 6.53. The van der Waals surface area contributed by atoms with Gasteiger partial charge in [-0.25, -0.2) is 18.7 Å². The third-order valence-electron chi connectivity index (χ3n) is 4.77. The van der Waals surface area contributed by atoms with Gasteiger partial charge in [-0.3, -0.25) is 4.79 Å². The van der Waals surface area contributed by atoms with Gasteiger partial charge in [-0.15, -0.1) is 11.3 Å². The van der Waals surface area contributed by atoms with E-state index in [1.807, 2.05) is 6.92 Å². The number of para-hydroxylation sites is 1.